The summed E-state index contributed by atoms with van der Waals surface area (Å²) in [5.41, 5.74) is 2.97. The molecule has 1 aliphatic carbocycles. The van der Waals surface area contributed by atoms with Crippen LogP contribution in [0.1, 0.15) is 25.2 Å². The van der Waals surface area contributed by atoms with E-state index in [0.29, 0.717) is 11.1 Å². The van der Waals surface area contributed by atoms with Gasteiger partial charge in [-0.25, -0.2) is 0 Å². The van der Waals surface area contributed by atoms with Crippen LogP contribution in [-0.2, 0) is 0 Å². The van der Waals surface area contributed by atoms with Crippen LogP contribution >= 0.6 is 0 Å². The molecule has 0 saturated carbocycles. The van der Waals surface area contributed by atoms with Crippen molar-refractivity contribution < 1.29 is 14.0 Å². The molecule has 0 radical (unpaired) electrons. The Morgan fingerprint density at radius 1 is 0.641 bits per heavy atom. The number of carbonyl (C=O) groups excluding carboxylic acids is 2. The fourth-order valence-corrected chi connectivity index (χ4v) is 7.27. The SMILES string of the molecule is O=C1C(=Cc2ccc(N(c3ccc(F)cc3)c3cccc4ccccc34)[se]2)C(=O)c2cc3ccccc3cc21. The Bertz CT molecular complexity index is 1910. The topological polar surface area (TPSA) is 37.4 Å². The van der Waals surface area contributed by atoms with Crippen molar-refractivity contribution >= 4 is 69.6 Å². The van der Waals surface area contributed by atoms with Crippen LogP contribution in [0.25, 0.3) is 27.6 Å². The zero-order chi connectivity index (χ0) is 26.5. The van der Waals surface area contributed by atoms with Gasteiger partial charge in [0.25, 0.3) is 0 Å². The summed E-state index contributed by atoms with van der Waals surface area (Å²) < 4.78 is 15.8. The first-order chi connectivity index (χ1) is 19.1. The number of hydrogen-bond acceptors (Lipinski definition) is 3. The van der Waals surface area contributed by atoms with Crippen LogP contribution in [0, 0.1) is 5.82 Å². The summed E-state index contributed by atoms with van der Waals surface area (Å²) in [7, 11) is 0. The van der Waals surface area contributed by atoms with E-state index in [9.17, 15) is 14.0 Å². The number of carbonyl (C=O) groups is 2. The number of anilines is 3. The van der Waals surface area contributed by atoms with Gasteiger partial charge in [-0.3, -0.25) is 0 Å². The third kappa shape index (κ3) is 4.04. The van der Waals surface area contributed by atoms with Crippen molar-refractivity contribution in [1.82, 2.24) is 0 Å². The molecule has 0 N–H and O–H groups in total. The second-order valence-corrected chi connectivity index (χ2v) is 11.7. The Balaban J connectivity index is 1.32. The normalized spacial score (nSPS) is 12.8. The van der Waals surface area contributed by atoms with Gasteiger partial charge in [-0.15, -0.1) is 0 Å². The Hall–Kier alpha value is -4.57. The van der Waals surface area contributed by atoms with Crippen LogP contribution in [0.15, 0.2) is 121 Å². The van der Waals surface area contributed by atoms with Gasteiger partial charge in [-0.05, 0) is 0 Å². The van der Waals surface area contributed by atoms with E-state index in [2.05, 4.69) is 29.2 Å². The summed E-state index contributed by atoms with van der Waals surface area (Å²) >= 11 is -0.196. The Morgan fingerprint density at radius 2 is 1.26 bits per heavy atom. The molecule has 0 spiro atoms. The molecule has 0 bridgehead atoms. The number of fused-ring (bicyclic) bond motifs is 3. The summed E-state index contributed by atoms with van der Waals surface area (Å²) in [5, 5.41) is 4.07. The van der Waals surface area contributed by atoms with E-state index in [4.69, 9.17) is 0 Å². The van der Waals surface area contributed by atoms with Crippen LogP contribution < -0.4 is 4.90 Å². The van der Waals surface area contributed by atoms with E-state index in [1.807, 2.05) is 66.7 Å². The fourth-order valence-electron chi connectivity index (χ4n) is 5.20. The van der Waals surface area contributed by atoms with Gasteiger partial charge in [0.2, 0.25) is 0 Å². The van der Waals surface area contributed by atoms with Crippen molar-refractivity contribution in [1.29, 1.82) is 0 Å². The van der Waals surface area contributed by atoms with Crippen molar-refractivity contribution in [3.63, 3.8) is 0 Å². The second-order valence-electron chi connectivity index (χ2n) is 9.45. The average Bonchev–Trinajstić information content (AvgIpc) is 3.52. The monoisotopic (exact) mass is 573 g/mol. The fraction of sp³-hybridized carbons (Fsp3) is 0. The molecule has 1 aliphatic rings. The molecule has 1 heterocycles. The molecule has 5 aromatic carbocycles. The van der Waals surface area contributed by atoms with Crippen molar-refractivity contribution in [2.24, 2.45) is 0 Å². The van der Waals surface area contributed by atoms with Crippen LogP contribution in [0.2, 0.25) is 0 Å². The molecule has 0 unspecified atom stereocenters. The summed E-state index contributed by atoms with van der Waals surface area (Å²) in [6.45, 7) is 0. The molecule has 39 heavy (non-hydrogen) atoms. The molecule has 0 atom stereocenters. The predicted octanol–water partition coefficient (Wildman–Crippen LogP) is 8.12. The average molecular weight is 572 g/mol. The molecule has 3 nitrogen and oxygen atoms in total. The molecule has 0 saturated heterocycles. The third-order valence-corrected chi connectivity index (χ3v) is 9.21. The van der Waals surface area contributed by atoms with Crippen LogP contribution in [0.4, 0.5) is 20.3 Å². The first kappa shape index (κ1) is 23.5. The van der Waals surface area contributed by atoms with Gasteiger partial charge in [0, 0.05) is 0 Å². The molecule has 1 aromatic heterocycles. The van der Waals surface area contributed by atoms with Crippen LogP contribution in [-0.4, -0.2) is 26.1 Å². The third-order valence-electron chi connectivity index (χ3n) is 7.08. The number of benzene rings is 5. The minimum absolute atomic E-state index is 0.196. The molecule has 186 valence electrons. The van der Waals surface area contributed by atoms with E-state index in [1.54, 1.807) is 18.2 Å². The Kier molecular flexibility index (Phi) is 5.62. The maximum absolute atomic E-state index is 13.8. The number of halogens is 1. The van der Waals surface area contributed by atoms with Gasteiger partial charge in [0.05, 0.1) is 0 Å². The van der Waals surface area contributed by atoms with Crippen molar-refractivity contribution in [2.75, 3.05) is 4.90 Å². The summed E-state index contributed by atoms with van der Waals surface area (Å²) in [6.07, 6.45) is 1.75. The number of allylic oxidation sites excluding steroid dienone is 1. The Labute approximate surface area is 230 Å². The number of ketones is 2. The first-order valence-corrected chi connectivity index (χ1v) is 14.3. The van der Waals surface area contributed by atoms with Gasteiger partial charge >= 0.3 is 231 Å². The van der Waals surface area contributed by atoms with Crippen LogP contribution in [0.3, 0.4) is 0 Å². The van der Waals surface area contributed by atoms with Crippen molar-refractivity contribution in [3.8, 4) is 0 Å². The number of hydrogen-bond donors (Lipinski definition) is 0. The van der Waals surface area contributed by atoms with Gasteiger partial charge in [-0.1, -0.05) is 0 Å². The molecular weight excluding hydrogens is 552 g/mol. The molecule has 0 amide bonds. The van der Waals surface area contributed by atoms with E-state index in [1.165, 1.54) is 12.1 Å². The zero-order valence-electron chi connectivity index (χ0n) is 20.6. The molecule has 0 fully saturated rings. The van der Waals surface area contributed by atoms with Gasteiger partial charge in [0.15, 0.2) is 0 Å². The molecule has 6 aromatic rings. The maximum atomic E-state index is 13.8. The van der Waals surface area contributed by atoms with E-state index in [-0.39, 0.29) is 37.5 Å². The quantitative estimate of drug-likeness (QED) is 0.122. The van der Waals surface area contributed by atoms with Gasteiger partial charge in [-0.2, -0.15) is 0 Å². The van der Waals surface area contributed by atoms with Crippen molar-refractivity contribution in [3.05, 3.63) is 142 Å². The van der Waals surface area contributed by atoms with E-state index in [0.717, 1.165) is 41.9 Å². The van der Waals surface area contributed by atoms with E-state index < -0.39 is 0 Å². The van der Waals surface area contributed by atoms with Crippen molar-refractivity contribution in [2.45, 2.75) is 0 Å². The summed E-state index contributed by atoms with van der Waals surface area (Å²) in [5.74, 6) is -0.748. The molecule has 7 rings (SSSR count). The molecular formula is C34H20FNO2Se. The molecule has 5 heteroatoms. The van der Waals surface area contributed by atoms with E-state index >= 15 is 0 Å². The number of rotatable bonds is 4. The standard InChI is InChI=1S/C34H20FNO2Se/c35-24-12-14-25(15-13-24)36(31-11-5-9-21-6-3-4-10-27(21)31)32-17-16-26(39-32)20-30-33(37)28-18-22-7-1-2-8-23(22)19-29(28)34(30)38/h1-20H. The number of Topliss-reactive ketones (excluding diaryl/α,β-unsaturated/α-hetero) is 2. The predicted molar refractivity (Wildman–Crippen MR) is 156 cm³/mol. The minimum atomic E-state index is -0.295. The first-order valence-electron chi connectivity index (χ1n) is 12.5. The number of nitrogens with zero attached hydrogens (tertiary/aromatic N) is 1. The van der Waals surface area contributed by atoms with Crippen LogP contribution in [0.5, 0.6) is 0 Å². The summed E-state index contributed by atoms with van der Waals surface area (Å²) in [4.78, 5) is 28.7. The second kappa shape index (κ2) is 9.32. The Morgan fingerprint density at radius 3 is 1.95 bits per heavy atom. The van der Waals surface area contributed by atoms with Gasteiger partial charge in [0.1, 0.15) is 0 Å². The summed E-state index contributed by atoms with van der Waals surface area (Å²) in [6, 6.07) is 36.2. The zero-order valence-corrected chi connectivity index (χ0v) is 22.3. The van der Waals surface area contributed by atoms with Gasteiger partial charge < -0.3 is 0 Å². The molecule has 0 aliphatic heterocycles.